The Bertz CT molecular complexity index is 2630. The number of phenols is 1. The van der Waals surface area contributed by atoms with Gasteiger partial charge in [0, 0.05) is 36.2 Å². The van der Waals surface area contributed by atoms with Crippen LogP contribution in [-0.2, 0) is 23.9 Å². The summed E-state index contributed by atoms with van der Waals surface area (Å²) in [5.41, 5.74) is 1.20. The lowest BCUT2D eigenvalue weighted by molar-refractivity contribution is -0.360. The van der Waals surface area contributed by atoms with Crippen molar-refractivity contribution in [2.45, 2.75) is 82.3 Å². The number of carboxylic acid groups (broad SMARTS) is 1. The van der Waals surface area contributed by atoms with Crippen molar-refractivity contribution >= 4 is 40.1 Å². The van der Waals surface area contributed by atoms with Gasteiger partial charge >= 0.3 is 11.9 Å². The number of aromatic nitrogens is 2. The number of aryl methyl sites for hydroxylation is 2. The number of aliphatic carboxylic acids is 1. The molecule has 0 amide bonds. The number of carbonyl (C=O) groups excluding carboxylic acids is 2. The summed E-state index contributed by atoms with van der Waals surface area (Å²) in [5, 5.41) is 70.0. The van der Waals surface area contributed by atoms with Gasteiger partial charge in [-0.05, 0) is 68.3 Å². The number of hydrogen-bond donors (Lipinski definition) is 8. The molecule has 4 heterocycles. The summed E-state index contributed by atoms with van der Waals surface area (Å²) in [7, 11) is 0. The molecule has 3 aromatic carbocycles. The standard InChI is InChI=1S/C44H45N3O15/c1-4-32(50)44(57)38(52)37(42(56)61-41(55)34(40(53)54)45-13-5-15-48)60-43(39(44)62-47-20-25-12-14-46-33(25)35(47)26-17-22(2)16-23(3)18-26)59-28-10-11-29-31(19-28)58-21-30(36(29)51)24-6-8-27(49)9-7-24/h6-12,14-21,32,34,37-39,42-43,45-46,49-50,52,56-57H,4-5,13H2,1-3H3,(H,53,54). The van der Waals surface area contributed by atoms with E-state index in [0.29, 0.717) is 34.0 Å². The van der Waals surface area contributed by atoms with Crippen LogP contribution in [0, 0.1) is 13.8 Å². The summed E-state index contributed by atoms with van der Waals surface area (Å²) < 4.78 is 24.6. The van der Waals surface area contributed by atoms with E-state index in [9.17, 15) is 49.8 Å². The first kappa shape index (κ1) is 43.5. The monoisotopic (exact) mass is 855 g/mol. The van der Waals surface area contributed by atoms with Gasteiger partial charge in [-0.25, -0.2) is 9.59 Å². The van der Waals surface area contributed by atoms with E-state index in [4.69, 9.17) is 23.5 Å². The topological polar surface area (TPSA) is 272 Å². The number of nitrogens with one attached hydrogen (secondary N) is 2. The molecule has 18 nitrogen and oxygen atoms in total. The normalized spacial score (nSPS) is 21.6. The van der Waals surface area contributed by atoms with Crippen molar-refractivity contribution in [3.05, 3.63) is 107 Å². The Hall–Kier alpha value is -6.54. The smallest absolute Gasteiger partial charge is 0.337 e. The predicted octanol–water partition coefficient (Wildman–Crippen LogP) is 2.69. The van der Waals surface area contributed by atoms with Gasteiger partial charge in [-0.3, -0.25) is 10.1 Å². The molecular weight excluding hydrogens is 810 g/mol. The second-order valence-corrected chi connectivity index (χ2v) is 15.0. The zero-order valence-electron chi connectivity index (χ0n) is 33.6. The molecule has 0 bridgehead atoms. The summed E-state index contributed by atoms with van der Waals surface area (Å²) in [6.45, 7) is 5.11. The maximum atomic E-state index is 13.6. The van der Waals surface area contributed by atoms with Crippen molar-refractivity contribution in [3.63, 3.8) is 0 Å². The van der Waals surface area contributed by atoms with Crippen LogP contribution in [0.2, 0.25) is 0 Å². The molecule has 0 radical (unpaired) electrons. The van der Waals surface area contributed by atoms with E-state index in [2.05, 4.69) is 10.3 Å². The number of ether oxygens (including phenoxy) is 3. The highest BCUT2D eigenvalue weighted by atomic mass is 16.8. The number of phenolic OH excluding ortho intramolecular Hbond substituents is 1. The molecule has 1 fully saturated rings. The average molecular weight is 856 g/mol. The summed E-state index contributed by atoms with van der Waals surface area (Å²) in [4.78, 5) is 59.1. The number of aromatic hydroxyl groups is 1. The molecule has 7 rings (SSSR count). The number of carboxylic acids is 1. The third-order valence-corrected chi connectivity index (χ3v) is 10.7. The van der Waals surface area contributed by atoms with E-state index in [-0.39, 0.29) is 47.4 Å². The maximum Gasteiger partial charge on any atom is 0.337 e. The van der Waals surface area contributed by atoms with Crippen molar-refractivity contribution in [2.75, 3.05) is 6.54 Å². The second-order valence-electron chi connectivity index (χ2n) is 15.0. The van der Waals surface area contributed by atoms with Crippen molar-refractivity contribution in [3.8, 4) is 33.9 Å². The summed E-state index contributed by atoms with van der Waals surface area (Å²) in [5.74, 6) is -3.27. The summed E-state index contributed by atoms with van der Waals surface area (Å²) >= 11 is 0. The van der Waals surface area contributed by atoms with Gasteiger partial charge < -0.3 is 63.9 Å². The van der Waals surface area contributed by atoms with Crippen LogP contribution < -0.4 is 20.3 Å². The third kappa shape index (κ3) is 8.39. The van der Waals surface area contributed by atoms with Crippen molar-refractivity contribution in [1.29, 1.82) is 0 Å². The van der Waals surface area contributed by atoms with Crippen LogP contribution in [-0.4, -0.2) is 114 Å². The molecule has 8 atom stereocenters. The Morgan fingerprint density at radius 2 is 1.76 bits per heavy atom. The molecular formula is C44H45N3O15. The van der Waals surface area contributed by atoms with Crippen LogP contribution in [0.5, 0.6) is 11.5 Å². The zero-order valence-corrected chi connectivity index (χ0v) is 33.6. The van der Waals surface area contributed by atoms with Crippen LogP contribution in [0.4, 0.5) is 0 Å². The highest BCUT2D eigenvalue weighted by Gasteiger charge is 2.64. The molecule has 62 heavy (non-hydrogen) atoms. The van der Waals surface area contributed by atoms with Crippen LogP contribution in [0.3, 0.4) is 0 Å². The quantitative estimate of drug-likeness (QED) is 0.0229. The molecule has 18 heteroatoms. The third-order valence-electron chi connectivity index (χ3n) is 10.7. The Morgan fingerprint density at radius 3 is 2.44 bits per heavy atom. The number of benzene rings is 3. The van der Waals surface area contributed by atoms with E-state index < -0.39 is 66.0 Å². The highest BCUT2D eigenvalue weighted by molar-refractivity contribution is 5.98. The minimum absolute atomic E-state index is 0.00939. The van der Waals surface area contributed by atoms with E-state index in [1.54, 1.807) is 30.6 Å². The number of esters is 1. The number of rotatable bonds is 16. The first-order valence-corrected chi connectivity index (χ1v) is 19.6. The molecule has 1 aliphatic rings. The van der Waals surface area contributed by atoms with Crippen LogP contribution in [0.25, 0.3) is 44.3 Å². The predicted molar refractivity (Wildman–Crippen MR) is 220 cm³/mol. The number of H-pyrrole nitrogens is 1. The Labute approximate surface area is 352 Å². The van der Waals surface area contributed by atoms with Gasteiger partial charge in [0.2, 0.25) is 24.7 Å². The molecule has 6 aromatic rings. The second kappa shape index (κ2) is 17.8. The molecule has 1 saturated heterocycles. The number of aliphatic hydroxyl groups excluding tert-OH is 3. The lowest BCUT2D eigenvalue weighted by Gasteiger charge is -2.51. The number of aldehydes is 1. The molecule has 0 aliphatic carbocycles. The number of carbonyl (C=O) groups is 3. The molecule has 8 N–H and O–H groups in total. The van der Waals surface area contributed by atoms with Gasteiger partial charge in [0.15, 0.2) is 17.1 Å². The molecule has 1 aliphatic heterocycles. The number of nitrogens with zero attached hydrogens (tertiary/aromatic N) is 1. The number of aromatic amines is 1. The minimum atomic E-state index is -2.80. The van der Waals surface area contributed by atoms with E-state index >= 15 is 0 Å². The molecule has 8 unspecified atom stereocenters. The number of hydrogen-bond acceptors (Lipinski definition) is 15. The first-order chi connectivity index (χ1) is 29.6. The molecule has 0 saturated carbocycles. The van der Waals surface area contributed by atoms with Gasteiger partial charge in [0.25, 0.3) is 0 Å². The number of fused-ring (bicyclic) bond motifs is 2. The highest BCUT2D eigenvalue weighted by Crippen LogP contribution is 2.39. The maximum absolute atomic E-state index is 13.6. The first-order valence-electron chi connectivity index (χ1n) is 19.6. The van der Waals surface area contributed by atoms with Crippen molar-refractivity contribution in [2.24, 2.45) is 0 Å². The van der Waals surface area contributed by atoms with Gasteiger partial charge in [-0.2, -0.15) is 4.73 Å². The fourth-order valence-corrected chi connectivity index (χ4v) is 7.66. The molecule has 326 valence electrons. The van der Waals surface area contributed by atoms with Crippen molar-refractivity contribution in [1.82, 2.24) is 15.0 Å². The van der Waals surface area contributed by atoms with Gasteiger partial charge in [0.05, 0.1) is 28.8 Å². The minimum Gasteiger partial charge on any atom is -0.508 e. The van der Waals surface area contributed by atoms with Gasteiger partial charge in [-0.15, -0.1) is 0 Å². The lowest BCUT2D eigenvalue weighted by Crippen LogP contribution is -2.75. The zero-order chi connectivity index (χ0) is 44.5. The van der Waals surface area contributed by atoms with E-state index in [1.807, 2.05) is 32.0 Å². The summed E-state index contributed by atoms with van der Waals surface area (Å²) in [6, 6.07) is 15.6. The van der Waals surface area contributed by atoms with Gasteiger partial charge in [0.1, 0.15) is 41.4 Å². The Balaban J connectivity index is 1.31. The number of aliphatic hydroxyl groups is 4. The molecule has 3 aromatic heterocycles. The summed E-state index contributed by atoms with van der Waals surface area (Å²) in [6.07, 6.45) is -7.81. The van der Waals surface area contributed by atoms with E-state index in [0.717, 1.165) is 11.1 Å². The van der Waals surface area contributed by atoms with Crippen LogP contribution in [0.15, 0.2) is 94.6 Å². The van der Waals surface area contributed by atoms with Gasteiger partial charge in [-0.1, -0.05) is 36.2 Å². The lowest BCUT2D eigenvalue weighted by atomic mass is 9.78. The molecule has 0 spiro atoms. The van der Waals surface area contributed by atoms with E-state index in [1.165, 1.54) is 48.2 Å². The fraction of sp³-hybridized carbons (Fsp3) is 0.318. The van der Waals surface area contributed by atoms with Crippen LogP contribution >= 0.6 is 0 Å². The Morgan fingerprint density at radius 1 is 1.03 bits per heavy atom. The SMILES string of the molecule is CCC(O)C1(O)C(O)C(C(O)OC(=O)C(NCCC=O)C(=O)O)OC(Oc2ccc3c(=O)c(-c4ccc(O)cc4)coc3c2)C1On1cc2cc[nH]c2c1-c1cc(C)cc(C)c1. The Kier molecular flexibility index (Phi) is 12.5. The fourth-order valence-electron chi connectivity index (χ4n) is 7.66. The largest absolute Gasteiger partial charge is 0.508 e. The van der Waals surface area contributed by atoms with Crippen LogP contribution in [0.1, 0.15) is 30.9 Å². The average Bonchev–Trinajstić information content (AvgIpc) is 3.83. The van der Waals surface area contributed by atoms with Crippen molar-refractivity contribution < 1.29 is 68.5 Å².